The van der Waals surface area contributed by atoms with Crippen LogP contribution in [0.4, 0.5) is 5.69 Å². The number of hydrogen-bond donors (Lipinski definition) is 2. The van der Waals surface area contributed by atoms with Crippen molar-refractivity contribution >= 4 is 17.5 Å². The van der Waals surface area contributed by atoms with Gasteiger partial charge < -0.3 is 20.3 Å². The van der Waals surface area contributed by atoms with Crippen LogP contribution in [0.2, 0.25) is 0 Å². The lowest BCUT2D eigenvalue weighted by Crippen LogP contribution is -2.39. The van der Waals surface area contributed by atoms with E-state index >= 15 is 0 Å². The maximum atomic E-state index is 12.3. The van der Waals surface area contributed by atoms with Crippen molar-refractivity contribution in [1.82, 2.24) is 10.2 Å². The molecule has 0 saturated carbocycles. The van der Waals surface area contributed by atoms with Crippen molar-refractivity contribution in [2.24, 2.45) is 0 Å². The third kappa shape index (κ3) is 4.55. The lowest BCUT2D eigenvalue weighted by atomic mass is 10.1. The number of para-hydroxylation sites is 1. The van der Waals surface area contributed by atoms with Gasteiger partial charge in [-0.1, -0.05) is 12.1 Å². The van der Waals surface area contributed by atoms with Crippen molar-refractivity contribution in [2.45, 2.75) is 0 Å². The van der Waals surface area contributed by atoms with Gasteiger partial charge in [-0.25, -0.2) is 0 Å². The summed E-state index contributed by atoms with van der Waals surface area (Å²) in [5.41, 5.74) is 1.28. The summed E-state index contributed by atoms with van der Waals surface area (Å²) < 4.78 is 4.84. The Hall–Kier alpha value is -2.08. The van der Waals surface area contributed by atoms with Crippen LogP contribution in [0.3, 0.4) is 0 Å². The molecule has 0 aliphatic carbocycles. The minimum absolute atomic E-state index is 0.0145. The zero-order chi connectivity index (χ0) is 15.0. The Morgan fingerprint density at radius 3 is 2.65 bits per heavy atom. The number of anilines is 1. The number of ether oxygens (including phenoxy) is 1. The number of amides is 2. The first-order chi connectivity index (χ1) is 9.60. The maximum absolute atomic E-state index is 12.3. The normalized spacial score (nSPS) is 9.95. The lowest BCUT2D eigenvalue weighted by Gasteiger charge is -2.18. The molecule has 0 bridgehead atoms. The molecule has 0 aliphatic heterocycles. The fraction of sp³-hybridized carbons (Fsp3) is 0.429. The topological polar surface area (TPSA) is 70.7 Å². The van der Waals surface area contributed by atoms with Crippen LogP contribution >= 0.6 is 0 Å². The molecule has 6 heteroatoms. The Morgan fingerprint density at radius 1 is 1.30 bits per heavy atom. The fourth-order valence-corrected chi connectivity index (χ4v) is 1.73. The number of carbonyl (C=O) groups is 2. The quantitative estimate of drug-likeness (QED) is 0.716. The number of likely N-dealkylation sites (N-methyl/N-ethyl adjacent to an activating group) is 1. The molecular formula is C14H21N3O3. The van der Waals surface area contributed by atoms with Crippen molar-refractivity contribution in [3.05, 3.63) is 29.8 Å². The van der Waals surface area contributed by atoms with Gasteiger partial charge in [0.2, 0.25) is 5.91 Å². The highest BCUT2D eigenvalue weighted by atomic mass is 16.5. The molecule has 0 fully saturated rings. The van der Waals surface area contributed by atoms with Gasteiger partial charge in [-0.05, 0) is 12.1 Å². The summed E-state index contributed by atoms with van der Waals surface area (Å²) in [6, 6.07) is 7.19. The first-order valence-corrected chi connectivity index (χ1v) is 6.38. The minimum Gasteiger partial charge on any atom is -0.387 e. The van der Waals surface area contributed by atoms with Gasteiger partial charge in [-0.15, -0.1) is 0 Å². The van der Waals surface area contributed by atoms with Crippen molar-refractivity contribution in [3.8, 4) is 0 Å². The highest BCUT2D eigenvalue weighted by Gasteiger charge is 2.17. The molecule has 1 aromatic carbocycles. The van der Waals surface area contributed by atoms with Crippen LogP contribution in [0.25, 0.3) is 0 Å². The smallest absolute Gasteiger partial charge is 0.256 e. The van der Waals surface area contributed by atoms with Crippen molar-refractivity contribution < 1.29 is 14.3 Å². The first kappa shape index (κ1) is 16.0. The zero-order valence-electron chi connectivity index (χ0n) is 12.1. The van der Waals surface area contributed by atoms with Gasteiger partial charge in [0, 0.05) is 33.4 Å². The number of carbonyl (C=O) groups excluding carboxylic acids is 2. The standard InChI is InChI=1S/C14H21N3O3/c1-15-12-7-5-4-6-11(12)14(19)17(2)10-13(18)16-8-9-20-3/h4-7,15H,8-10H2,1-3H3,(H,16,18). The van der Waals surface area contributed by atoms with Gasteiger partial charge in [0.25, 0.3) is 5.91 Å². The Labute approximate surface area is 119 Å². The number of nitrogens with zero attached hydrogens (tertiary/aromatic N) is 1. The molecule has 2 amide bonds. The Bertz CT molecular complexity index is 463. The van der Waals surface area contributed by atoms with Gasteiger partial charge in [0.1, 0.15) is 0 Å². The minimum atomic E-state index is -0.208. The zero-order valence-corrected chi connectivity index (χ0v) is 12.1. The molecule has 110 valence electrons. The van der Waals surface area contributed by atoms with Crippen LogP contribution in [-0.4, -0.2) is 57.6 Å². The van der Waals surface area contributed by atoms with E-state index in [9.17, 15) is 9.59 Å². The summed E-state index contributed by atoms with van der Waals surface area (Å²) in [4.78, 5) is 25.3. The van der Waals surface area contributed by atoms with Gasteiger partial charge in [-0.3, -0.25) is 9.59 Å². The van der Waals surface area contributed by atoms with Crippen LogP contribution in [0.1, 0.15) is 10.4 Å². The highest BCUT2D eigenvalue weighted by Crippen LogP contribution is 2.15. The van der Waals surface area contributed by atoms with Crippen LogP contribution in [0.15, 0.2) is 24.3 Å². The molecule has 0 spiro atoms. The molecular weight excluding hydrogens is 258 g/mol. The summed E-state index contributed by atoms with van der Waals surface area (Å²) in [6.07, 6.45) is 0. The van der Waals surface area contributed by atoms with E-state index in [-0.39, 0.29) is 18.4 Å². The molecule has 0 heterocycles. The Kier molecular flexibility index (Phi) is 6.52. The third-order valence-electron chi connectivity index (χ3n) is 2.78. The van der Waals surface area contributed by atoms with E-state index in [1.807, 2.05) is 12.1 Å². The molecule has 0 aliphatic rings. The molecule has 1 rings (SSSR count). The summed E-state index contributed by atoms with van der Waals surface area (Å²) in [6.45, 7) is 0.900. The molecule has 20 heavy (non-hydrogen) atoms. The van der Waals surface area contributed by atoms with E-state index < -0.39 is 0 Å². The second-order valence-corrected chi connectivity index (χ2v) is 4.30. The van der Waals surface area contributed by atoms with Crippen molar-refractivity contribution in [2.75, 3.05) is 46.2 Å². The number of methoxy groups -OCH3 is 1. The van der Waals surface area contributed by atoms with E-state index in [0.29, 0.717) is 18.7 Å². The molecule has 2 N–H and O–H groups in total. The third-order valence-corrected chi connectivity index (χ3v) is 2.78. The van der Waals surface area contributed by atoms with Gasteiger partial charge >= 0.3 is 0 Å². The van der Waals surface area contributed by atoms with E-state index in [1.165, 1.54) is 4.90 Å². The highest BCUT2D eigenvalue weighted by molar-refractivity contribution is 6.00. The molecule has 0 unspecified atom stereocenters. The molecule has 0 radical (unpaired) electrons. The maximum Gasteiger partial charge on any atom is 0.256 e. The predicted octanol–water partition coefficient (Wildman–Crippen LogP) is 0.563. The van der Waals surface area contributed by atoms with Gasteiger partial charge in [0.05, 0.1) is 18.7 Å². The molecule has 0 atom stereocenters. The van der Waals surface area contributed by atoms with Crippen molar-refractivity contribution in [1.29, 1.82) is 0 Å². The van der Waals surface area contributed by atoms with Gasteiger partial charge in [-0.2, -0.15) is 0 Å². The van der Waals surface area contributed by atoms with Crippen LogP contribution in [0.5, 0.6) is 0 Å². The average Bonchev–Trinajstić information content (AvgIpc) is 2.46. The summed E-state index contributed by atoms with van der Waals surface area (Å²) in [7, 11) is 4.92. The second kappa shape index (κ2) is 8.16. The summed E-state index contributed by atoms with van der Waals surface area (Å²) in [5, 5.41) is 5.64. The number of benzene rings is 1. The largest absolute Gasteiger partial charge is 0.387 e. The van der Waals surface area contributed by atoms with Crippen LogP contribution < -0.4 is 10.6 Å². The van der Waals surface area contributed by atoms with E-state index in [0.717, 1.165) is 5.69 Å². The second-order valence-electron chi connectivity index (χ2n) is 4.30. The molecule has 1 aromatic rings. The Morgan fingerprint density at radius 2 is 2.00 bits per heavy atom. The van der Waals surface area contributed by atoms with E-state index in [2.05, 4.69) is 10.6 Å². The van der Waals surface area contributed by atoms with E-state index in [4.69, 9.17) is 4.74 Å². The average molecular weight is 279 g/mol. The lowest BCUT2D eigenvalue weighted by molar-refractivity contribution is -0.121. The van der Waals surface area contributed by atoms with Crippen LogP contribution in [0, 0.1) is 0 Å². The predicted molar refractivity (Wildman–Crippen MR) is 77.8 cm³/mol. The number of rotatable bonds is 7. The molecule has 6 nitrogen and oxygen atoms in total. The number of nitrogens with one attached hydrogen (secondary N) is 2. The number of hydrogen-bond acceptors (Lipinski definition) is 4. The monoisotopic (exact) mass is 279 g/mol. The Balaban J connectivity index is 2.60. The summed E-state index contributed by atoms with van der Waals surface area (Å²) >= 11 is 0. The van der Waals surface area contributed by atoms with Crippen molar-refractivity contribution in [3.63, 3.8) is 0 Å². The van der Waals surface area contributed by atoms with Gasteiger partial charge in [0.15, 0.2) is 0 Å². The summed E-state index contributed by atoms with van der Waals surface area (Å²) in [5.74, 6) is -0.406. The SMILES string of the molecule is CNc1ccccc1C(=O)N(C)CC(=O)NCCOC. The fourth-order valence-electron chi connectivity index (χ4n) is 1.73. The molecule has 0 aromatic heterocycles. The molecule has 0 saturated heterocycles. The van der Waals surface area contributed by atoms with Crippen LogP contribution in [-0.2, 0) is 9.53 Å². The first-order valence-electron chi connectivity index (χ1n) is 6.38. The van der Waals surface area contributed by atoms with E-state index in [1.54, 1.807) is 33.3 Å².